The van der Waals surface area contributed by atoms with Crippen LogP contribution < -0.4 is 0 Å². The van der Waals surface area contributed by atoms with Crippen molar-refractivity contribution in [3.8, 4) is 0 Å². The second kappa shape index (κ2) is 6.46. The van der Waals surface area contributed by atoms with E-state index in [0.29, 0.717) is 0 Å². The molecule has 0 aromatic carbocycles. The van der Waals surface area contributed by atoms with E-state index in [4.69, 9.17) is 20.4 Å². The largest absolute Gasteiger partial charge is 0.394 e. The van der Waals surface area contributed by atoms with Gasteiger partial charge in [0.1, 0.15) is 24.6 Å². The fourth-order valence-electron chi connectivity index (χ4n) is 1.13. The standard InChI is InChI=1S/C5H10O5.C4H4N2/c6-1-2-3(7)4(8)5(9)10-2;1-2-5-4-6-3-1/h2-9H,1H2;1-4H/t2-,3-,4+,5?;/m1./s1. The molecule has 4 N–H and O–H groups in total. The number of aliphatic hydroxyl groups is 4. The SMILES string of the molecule is OC[C@H]1OC(O)[C@@H](O)[C@@H]1O.c1cncnc1. The van der Waals surface area contributed by atoms with E-state index < -0.39 is 31.2 Å². The number of ether oxygens (including phenoxy) is 1. The van der Waals surface area contributed by atoms with Crippen LogP contribution in [0.1, 0.15) is 0 Å². The summed E-state index contributed by atoms with van der Waals surface area (Å²) in [6.45, 7) is -0.407. The number of aromatic nitrogens is 2. The monoisotopic (exact) mass is 230 g/mol. The van der Waals surface area contributed by atoms with Crippen LogP contribution >= 0.6 is 0 Å². The third-order valence-corrected chi connectivity index (χ3v) is 1.99. The average molecular weight is 230 g/mol. The topological polar surface area (TPSA) is 116 Å². The molecule has 1 saturated heterocycles. The highest BCUT2D eigenvalue weighted by Crippen LogP contribution is 2.18. The molecule has 7 nitrogen and oxygen atoms in total. The highest BCUT2D eigenvalue weighted by molar-refractivity contribution is 4.84. The van der Waals surface area contributed by atoms with Gasteiger partial charge in [0.05, 0.1) is 6.61 Å². The summed E-state index contributed by atoms with van der Waals surface area (Å²) in [7, 11) is 0. The smallest absolute Gasteiger partial charge is 0.184 e. The molecular weight excluding hydrogens is 216 g/mol. The molecule has 1 aliphatic heterocycles. The quantitative estimate of drug-likeness (QED) is 0.436. The van der Waals surface area contributed by atoms with Crippen LogP contribution in [-0.2, 0) is 4.74 Å². The zero-order valence-electron chi connectivity index (χ0n) is 8.42. The minimum atomic E-state index is -1.38. The molecule has 0 spiro atoms. The van der Waals surface area contributed by atoms with E-state index in [1.807, 2.05) is 0 Å². The first-order chi connectivity index (χ1) is 7.66. The molecule has 1 aromatic rings. The summed E-state index contributed by atoms with van der Waals surface area (Å²) < 4.78 is 4.54. The number of aliphatic hydroxyl groups excluding tert-OH is 4. The van der Waals surface area contributed by atoms with Gasteiger partial charge in [0.25, 0.3) is 0 Å². The summed E-state index contributed by atoms with van der Waals surface area (Å²) in [6, 6.07) is 1.78. The van der Waals surface area contributed by atoms with Gasteiger partial charge in [0, 0.05) is 12.4 Å². The van der Waals surface area contributed by atoms with Crippen LogP contribution in [0, 0.1) is 0 Å². The highest BCUT2D eigenvalue weighted by Gasteiger charge is 2.41. The lowest BCUT2D eigenvalue weighted by Gasteiger charge is -2.09. The lowest BCUT2D eigenvalue weighted by atomic mass is 10.1. The Bertz CT molecular complexity index is 260. The normalized spacial score (nSPS) is 33.0. The number of rotatable bonds is 1. The Balaban J connectivity index is 0.000000181. The number of hydrogen-bond donors (Lipinski definition) is 4. The molecule has 16 heavy (non-hydrogen) atoms. The summed E-state index contributed by atoms with van der Waals surface area (Å²) in [5.74, 6) is 0. The predicted octanol–water partition coefficient (Wildman–Crippen LogP) is -2.11. The first-order valence-electron chi connectivity index (χ1n) is 4.67. The van der Waals surface area contributed by atoms with Crippen molar-refractivity contribution in [2.45, 2.75) is 24.6 Å². The van der Waals surface area contributed by atoms with Gasteiger partial charge in [-0.2, -0.15) is 0 Å². The second-order valence-corrected chi connectivity index (χ2v) is 3.13. The van der Waals surface area contributed by atoms with Crippen LogP contribution in [0.3, 0.4) is 0 Å². The van der Waals surface area contributed by atoms with E-state index in [9.17, 15) is 0 Å². The van der Waals surface area contributed by atoms with Crippen molar-refractivity contribution in [1.82, 2.24) is 9.97 Å². The molecule has 90 valence electrons. The van der Waals surface area contributed by atoms with Gasteiger partial charge in [-0.05, 0) is 6.07 Å². The molecule has 1 unspecified atom stereocenters. The van der Waals surface area contributed by atoms with Crippen LogP contribution in [0.25, 0.3) is 0 Å². The van der Waals surface area contributed by atoms with Crippen LogP contribution in [-0.4, -0.2) is 61.6 Å². The summed E-state index contributed by atoms with van der Waals surface area (Å²) in [4.78, 5) is 7.35. The van der Waals surface area contributed by atoms with Gasteiger partial charge in [-0.1, -0.05) is 0 Å². The van der Waals surface area contributed by atoms with E-state index in [2.05, 4.69) is 14.7 Å². The Kier molecular flexibility index (Phi) is 5.23. The van der Waals surface area contributed by atoms with E-state index in [0.717, 1.165) is 0 Å². The Labute approximate surface area is 92.0 Å². The summed E-state index contributed by atoms with van der Waals surface area (Å²) in [5, 5.41) is 35.0. The van der Waals surface area contributed by atoms with Crippen molar-refractivity contribution in [2.24, 2.45) is 0 Å². The van der Waals surface area contributed by atoms with Gasteiger partial charge < -0.3 is 25.2 Å². The van der Waals surface area contributed by atoms with Gasteiger partial charge in [0.2, 0.25) is 0 Å². The molecule has 0 aliphatic carbocycles. The van der Waals surface area contributed by atoms with Crippen molar-refractivity contribution < 1.29 is 25.2 Å². The van der Waals surface area contributed by atoms with Gasteiger partial charge >= 0.3 is 0 Å². The van der Waals surface area contributed by atoms with Gasteiger partial charge in [-0.25, -0.2) is 9.97 Å². The Hall–Kier alpha value is -1.12. The minimum Gasteiger partial charge on any atom is -0.394 e. The number of nitrogens with zero attached hydrogens (tertiary/aromatic N) is 2. The van der Waals surface area contributed by atoms with Crippen molar-refractivity contribution in [1.29, 1.82) is 0 Å². The van der Waals surface area contributed by atoms with E-state index in [1.165, 1.54) is 6.33 Å². The average Bonchev–Trinajstić information content (AvgIpc) is 2.59. The number of hydrogen-bond acceptors (Lipinski definition) is 7. The highest BCUT2D eigenvalue weighted by atomic mass is 16.6. The van der Waals surface area contributed by atoms with Crippen molar-refractivity contribution in [3.05, 3.63) is 24.8 Å². The van der Waals surface area contributed by atoms with Crippen LogP contribution in [0.15, 0.2) is 24.8 Å². The zero-order valence-corrected chi connectivity index (χ0v) is 8.42. The van der Waals surface area contributed by atoms with Gasteiger partial charge in [-0.15, -0.1) is 0 Å². The fourth-order valence-corrected chi connectivity index (χ4v) is 1.13. The molecule has 7 heteroatoms. The third-order valence-electron chi connectivity index (χ3n) is 1.99. The van der Waals surface area contributed by atoms with Crippen LogP contribution in [0.2, 0.25) is 0 Å². The van der Waals surface area contributed by atoms with E-state index in [1.54, 1.807) is 18.5 Å². The lowest BCUT2D eigenvalue weighted by molar-refractivity contribution is -0.132. The summed E-state index contributed by atoms with van der Waals surface area (Å²) >= 11 is 0. The Morgan fingerprint density at radius 3 is 1.88 bits per heavy atom. The van der Waals surface area contributed by atoms with E-state index >= 15 is 0 Å². The molecule has 0 radical (unpaired) electrons. The molecule has 0 amide bonds. The molecule has 2 heterocycles. The maximum atomic E-state index is 8.93. The fraction of sp³-hybridized carbons (Fsp3) is 0.556. The Morgan fingerprint density at radius 2 is 1.69 bits per heavy atom. The first-order valence-corrected chi connectivity index (χ1v) is 4.67. The molecule has 2 rings (SSSR count). The summed E-state index contributed by atoms with van der Waals surface area (Å²) in [5.41, 5.74) is 0. The van der Waals surface area contributed by atoms with Crippen LogP contribution in [0.4, 0.5) is 0 Å². The van der Waals surface area contributed by atoms with Crippen molar-refractivity contribution in [3.63, 3.8) is 0 Å². The zero-order chi connectivity index (χ0) is 12.0. The molecular formula is C9H14N2O5. The molecule has 1 aromatic heterocycles. The molecule has 4 atom stereocenters. The minimum absolute atomic E-state index is 0.407. The summed E-state index contributed by atoms with van der Waals surface area (Å²) in [6.07, 6.45) is 0.120. The third kappa shape index (κ3) is 3.47. The van der Waals surface area contributed by atoms with Crippen molar-refractivity contribution >= 4 is 0 Å². The predicted molar refractivity (Wildman–Crippen MR) is 52.0 cm³/mol. The van der Waals surface area contributed by atoms with E-state index in [-0.39, 0.29) is 0 Å². The molecule has 0 saturated carbocycles. The lowest BCUT2D eigenvalue weighted by Crippen LogP contribution is -2.33. The van der Waals surface area contributed by atoms with Gasteiger partial charge in [0.15, 0.2) is 6.29 Å². The maximum Gasteiger partial charge on any atom is 0.184 e. The van der Waals surface area contributed by atoms with Gasteiger partial charge in [-0.3, -0.25) is 0 Å². The molecule has 1 fully saturated rings. The first kappa shape index (κ1) is 12.9. The van der Waals surface area contributed by atoms with Crippen molar-refractivity contribution in [2.75, 3.05) is 6.61 Å². The Morgan fingerprint density at radius 1 is 1.06 bits per heavy atom. The molecule has 1 aliphatic rings. The molecule has 0 bridgehead atoms. The second-order valence-electron chi connectivity index (χ2n) is 3.13. The maximum absolute atomic E-state index is 8.93. The van der Waals surface area contributed by atoms with Crippen LogP contribution in [0.5, 0.6) is 0 Å².